The first-order valence-corrected chi connectivity index (χ1v) is 6.00. The maximum atomic E-state index is 12.5. The molecule has 3 nitrogen and oxygen atoms in total. The molecule has 2 rings (SSSR count). The van der Waals surface area contributed by atoms with Gasteiger partial charge in [-0.15, -0.1) is 0 Å². The Kier molecular flexibility index (Phi) is 3.75. The van der Waals surface area contributed by atoms with Crippen LogP contribution in [0, 0.1) is 0 Å². The van der Waals surface area contributed by atoms with Crippen LogP contribution in [0.3, 0.4) is 0 Å². The highest BCUT2D eigenvalue weighted by Crippen LogP contribution is 2.29. The van der Waals surface area contributed by atoms with E-state index < -0.39 is 11.9 Å². The Morgan fingerprint density at radius 1 is 1.44 bits per heavy atom. The number of halogens is 3. The molecular formula is C12H16F3N3. The molecule has 0 spiro atoms. The number of nitrogens with one attached hydrogen (secondary N) is 2. The number of alkyl halides is 3. The van der Waals surface area contributed by atoms with Gasteiger partial charge in [0.15, 0.2) is 0 Å². The van der Waals surface area contributed by atoms with Crippen LogP contribution >= 0.6 is 0 Å². The van der Waals surface area contributed by atoms with Crippen LogP contribution in [0.1, 0.15) is 25.5 Å². The minimum atomic E-state index is -4.39. The molecule has 2 heterocycles. The number of rotatable bonds is 2. The number of hydrogen-bond acceptors (Lipinski definition) is 3. The van der Waals surface area contributed by atoms with Crippen LogP contribution in [0.15, 0.2) is 18.3 Å². The quantitative estimate of drug-likeness (QED) is 0.857. The Morgan fingerprint density at radius 3 is 2.89 bits per heavy atom. The predicted molar refractivity (Wildman–Crippen MR) is 63.3 cm³/mol. The van der Waals surface area contributed by atoms with Gasteiger partial charge in [-0.05, 0) is 38.4 Å². The molecule has 6 heteroatoms. The molecular weight excluding hydrogens is 243 g/mol. The summed E-state index contributed by atoms with van der Waals surface area (Å²) >= 11 is 0. The van der Waals surface area contributed by atoms with Gasteiger partial charge >= 0.3 is 6.18 Å². The molecule has 0 radical (unpaired) electrons. The summed E-state index contributed by atoms with van der Waals surface area (Å²) in [5.74, 6) is 0. The summed E-state index contributed by atoms with van der Waals surface area (Å²) in [4.78, 5) is 3.34. The fourth-order valence-corrected chi connectivity index (χ4v) is 2.13. The van der Waals surface area contributed by atoms with Crippen molar-refractivity contribution in [2.45, 2.75) is 38.0 Å². The molecule has 2 unspecified atom stereocenters. The Bertz CT molecular complexity index is 406. The Morgan fingerprint density at radius 2 is 2.22 bits per heavy atom. The smallest absolute Gasteiger partial charge is 0.381 e. The lowest BCUT2D eigenvalue weighted by Gasteiger charge is -2.31. The van der Waals surface area contributed by atoms with E-state index in [2.05, 4.69) is 15.6 Å². The van der Waals surface area contributed by atoms with E-state index in [4.69, 9.17) is 0 Å². The van der Waals surface area contributed by atoms with E-state index in [1.165, 1.54) is 6.20 Å². The number of nitrogens with zero attached hydrogens (tertiary/aromatic N) is 1. The number of anilines is 1. The molecule has 2 atom stereocenters. The molecule has 2 N–H and O–H groups in total. The van der Waals surface area contributed by atoms with Crippen molar-refractivity contribution in [3.63, 3.8) is 0 Å². The van der Waals surface area contributed by atoms with E-state index >= 15 is 0 Å². The fourth-order valence-electron chi connectivity index (χ4n) is 2.13. The van der Waals surface area contributed by atoms with Gasteiger partial charge in [-0.1, -0.05) is 0 Å². The van der Waals surface area contributed by atoms with Crippen molar-refractivity contribution in [3.05, 3.63) is 24.0 Å². The van der Waals surface area contributed by atoms with Gasteiger partial charge in [0.1, 0.15) is 5.69 Å². The maximum absolute atomic E-state index is 12.5. The highest BCUT2D eigenvalue weighted by molar-refractivity contribution is 5.45. The lowest BCUT2D eigenvalue weighted by Crippen LogP contribution is -2.46. The lowest BCUT2D eigenvalue weighted by molar-refractivity contribution is -0.141. The summed E-state index contributed by atoms with van der Waals surface area (Å²) in [5, 5.41) is 6.44. The molecule has 0 amide bonds. The van der Waals surface area contributed by atoms with Crippen molar-refractivity contribution in [3.8, 4) is 0 Å². The monoisotopic (exact) mass is 259 g/mol. The van der Waals surface area contributed by atoms with Gasteiger partial charge in [0.25, 0.3) is 0 Å². The number of aromatic nitrogens is 1. The molecule has 0 bridgehead atoms. The normalized spacial score (nSPS) is 24.9. The molecule has 100 valence electrons. The molecule has 18 heavy (non-hydrogen) atoms. The molecule has 1 aliphatic rings. The lowest BCUT2D eigenvalue weighted by atomic mass is 9.99. The molecule has 0 saturated carbocycles. The van der Waals surface area contributed by atoms with Crippen LogP contribution in [0.2, 0.25) is 0 Å². The van der Waals surface area contributed by atoms with Crippen molar-refractivity contribution in [2.24, 2.45) is 0 Å². The van der Waals surface area contributed by atoms with Crippen LogP contribution < -0.4 is 10.6 Å². The standard InChI is InChI=1S/C12H16F3N3/c1-8-10(3-2-5-16-8)18-9-4-6-17-11(7-9)12(13,14)15/h4,6-8,10,16H,2-3,5H2,1H3,(H,17,18). The fraction of sp³-hybridized carbons (Fsp3) is 0.583. The summed E-state index contributed by atoms with van der Waals surface area (Å²) in [6, 6.07) is 3.03. The van der Waals surface area contributed by atoms with Gasteiger partial charge in [-0.3, -0.25) is 4.98 Å². The van der Waals surface area contributed by atoms with Crippen molar-refractivity contribution in [1.82, 2.24) is 10.3 Å². The SMILES string of the molecule is CC1NCCCC1Nc1ccnc(C(F)(F)F)c1. The first kappa shape index (κ1) is 13.1. The molecule has 0 aromatic carbocycles. The molecule has 1 aromatic rings. The Labute approximate surface area is 104 Å². The van der Waals surface area contributed by atoms with Gasteiger partial charge in [-0.2, -0.15) is 13.2 Å². The third-order valence-electron chi connectivity index (χ3n) is 3.16. The van der Waals surface area contributed by atoms with Crippen LogP contribution in [-0.2, 0) is 6.18 Å². The zero-order valence-corrected chi connectivity index (χ0v) is 10.1. The van der Waals surface area contributed by atoms with Gasteiger partial charge in [-0.25, -0.2) is 0 Å². The van der Waals surface area contributed by atoms with Crippen LogP contribution in [-0.4, -0.2) is 23.6 Å². The van der Waals surface area contributed by atoms with Crippen LogP contribution in [0.5, 0.6) is 0 Å². The second kappa shape index (κ2) is 5.14. The van der Waals surface area contributed by atoms with E-state index in [1.807, 2.05) is 6.92 Å². The van der Waals surface area contributed by atoms with Crippen molar-refractivity contribution >= 4 is 5.69 Å². The van der Waals surface area contributed by atoms with Crippen molar-refractivity contribution in [1.29, 1.82) is 0 Å². The molecule has 1 saturated heterocycles. The van der Waals surface area contributed by atoms with E-state index in [-0.39, 0.29) is 12.1 Å². The third-order valence-corrected chi connectivity index (χ3v) is 3.16. The minimum absolute atomic E-state index is 0.155. The summed E-state index contributed by atoms with van der Waals surface area (Å²) in [6.07, 6.45) is -1.22. The van der Waals surface area contributed by atoms with Crippen LogP contribution in [0.4, 0.5) is 18.9 Å². The van der Waals surface area contributed by atoms with E-state index in [1.54, 1.807) is 6.07 Å². The minimum Gasteiger partial charge on any atom is -0.381 e. The van der Waals surface area contributed by atoms with Gasteiger partial charge < -0.3 is 10.6 Å². The van der Waals surface area contributed by atoms with Gasteiger partial charge in [0.05, 0.1) is 0 Å². The highest BCUT2D eigenvalue weighted by atomic mass is 19.4. The Hall–Kier alpha value is -1.30. The van der Waals surface area contributed by atoms with E-state index in [9.17, 15) is 13.2 Å². The average Bonchev–Trinajstić information content (AvgIpc) is 2.31. The largest absolute Gasteiger partial charge is 0.433 e. The Balaban J connectivity index is 2.09. The van der Waals surface area contributed by atoms with Gasteiger partial charge in [0, 0.05) is 24.0 Å². The number of hydrogen-bond donors (Lipinski definition) is 2. The zero-order valence-electron chi connectivity index (χ0n) is 10.1. The molecule has 0 aliphatic carbocycles. The summed E-state index contributed by atoms with van der Waals surface area (Å²) < 4.78 is 37.6. The number of pyridine rings is 1. The summed E-state index contributed by atoms with van der Waals surface area (Å²) in [7, 11) is 0. The first-order valence-electron chi connectivity index (χ1n) is 6.00. The van der Waals surface area contributed by atoms with E-state index in [0.29, 0.717) is 5.69 Å². The third kappa shape index (κ3) is 3.13. The average molecular weight is 259 g/mol. The summed E-state index contributed by atoms with van der Waals surface area (Å²) in [5.41, 5.74) is -0.387. The first-order chi connectivity index (χ1) is 8.47. The second-order valence-electron chi connectivity index (χ2n) is 4.56. The number of piperidine rings is 1. The molecule has 1 fully saturated rings. The van der Waals surface area contributed by atoms with Gasteiger partial charge in [0.2, 0.25) is 0 Å². The molecule has 1 aromatic heterocycles. The van der Waals surface area contributed by atoms with E-state index in [0.717, 1.165) is 25.5 Å². The second-order valence-corrected chi connectivity index (χ2v) is 4.56. The van der Waals surface area contributed by atoms with Crippen molar-refractivity contribution in [2.75, 3.05) is 11.9 Å². The topological polar surface area (TPSA) is 37.0 Å². The predicted octanol–water partition coefficient (Wildman–Crippen LogP) is 2.65. The molecule has 1 aliphatic heterocycles. The summed E-state index contributed by atoms with van der Waals surface area (Å²) in [6.45, 7) is 2.99. The van der Waals surface area contributed by atoms with Crippen molar-refractivity contribution < 1.29 is 13.2 Å². The highest BCUT2D eigenvalue weighted by Gasteiger charge is 2.32. The zero-order chi connectivity index (χ0) is 13.2. The van der Waals surface area contributed by atoms with Crippen LogP contribution in [0.25, 0.3) is 0 Å². The maximum Gasteiger partial charge on any atom is 0.433 e.